The SMILES string of the molecule is Cc1nc2ccn(Cc3ccccc3)c(=O)c2cc1C(=O)O. The molecule has 0 atom stereocenters. The number of rotatable bonds is 3. The Hall–Kier alpha value is -2.95. The van der Waals surface area contributed by atoms with Crippen molar-refractivity contribution in [2.75, 3.05) is 0 Å². The number of pyridine rings is 2. The van der Waals surface area contributed by atoms with Gasteiger partial charge < -0.3 is 9.67 Å². The van der Waals surface area contributed by atoms with Crippen LogP contribution in [0.2, 0.25) is 0 Å². The minimum absolute atomic E-state index is 0.0575. The van der Waals surface area contributed by atoms with Crippen molar-refractivity contribution in [3.8, 4) is 0 Å². The number of carbonyl (C=O) groups is 1. The van der Waals surface area contributed by atoms with E-state index in [4.69, 9.17) is 0 Å². The Bertz CT molecular complexity index is 914. The molecule has 3 aromatic rings. The summed E-state index contributed by atoms with van der Waals surface area (Å²) in [7, 11) is 0. The third-order valence-electron chi connectivity index (χ3n) is 3.57. The van der Waals surface area contributed by atoms with Crippen LogP contribution >= 0.6 is 0 Å². The fourth-order valence-corrected chi connectivity index (χ4v) is 2.43. The Kier molecular flexibility index (Phi) is 3.47. The van der Waals surface area contributed by atoms with Crippen molar-refractivity contribution in [3.63, 3.8) is 0 Å². The first-order valence-electron chi connectivity index (χ1n) is 6.84. The number of nitrogens with zero attached hydrogens (tertiary/aromatic N) is 2. The molecular weight excluding hydrogens is 280 g/mol. The molecule has 0 aliphatic heterocycles. The molecule has 2 heterocycles. The number of fused-ring (bicyclic) bond motifs is 1. The second-order valence-corrected chi connectivity index (χ2v) is 5.09. The van der Waals surface area contributed by atoms with Gasteiger partial charge in [-0.3, -0.25) is 9.78 Å². The average Bonchev–Trinajstić information content (AvgIpc) is 2.50. The molecule has 5 nitrogen and oxygen atoms in total. The van der Waals surface area contributed by atoms with Gasteiger partial charge in [-0.1, -0.05) is 30.3 Å². The van der Waals surface area contributed by atoms with Gasteiger partial charge in [0.2, 0.25) is 0 Å². The molecule has 1 N–H and O–H groups in total. The van der Waals surface area contributed by atoms with Crippen LogP contribution in [-0.2, 0) is 6.54 Å². The molecule has 22 heavy (non-hydrogen) atoms. The molecule has 0 saturated heterocycles. The van der Waals surface area contributed by atoms with Gasteiger partial charge in [0.1, 0.15) is 0 Å². The number of aryl methyl sites for hydroxylation is 1. The Morgan fingerprint density at radius 2 is 1.95 bits per heavy atom. The third kappa shape index (κ3) is 2.48. The molecule has 0 aliphatic rings. The van der Waals surface area contributed by atoms with Crippen LogP contribution in [0, 0.1) is 6.92 Å². The first-order valence-corrected chi connectivity index (χ1v) is 6.84. The van der Waals surface area contributed by atoms with Crippen LogP contribution in [0.1, 0.15) is 21.6 Å². The van der Waals surface area contributed by atoms with E-state index in [-0.39, 0.29) is 11.1 Å². The van der Waals surface area contributed by atoms with E-state index in [1.165, 1.54) is 6.07 Å². The van der Waals surface area contributed by atoms with Gasteiger partial charge in [-0.25, -0.2) is 4.79 Å². The molecule has 5 heteroatoms. The number of benzene rings is 1. The lowest BCUT2D eigenvalue weighted by Gasteiger charge is -2.08. The zero-order valence-corrected chi connectivity index (χ0v) is 12.0. The molecule has 1 aromatic carbocycles. The van der Waals surface area contributed by atoms with Gasteiger partial charge in [0, 0.05) is 6.20 Å². The summed E-state index contributed by atoms with van der Waals surface area (Å²) in [5.41, 5.74) is 1.73. The Balaban J connectivity index is 2.14. The lowest BCUT2D eigenvalue weighted by atomic mass is 10.1. The van der Waals surface area contributed by atoms with Crippen molar-refractivity contribution in [1.82, 2.24) is 9.55 Å². The largest absolute Gasteiger partial charge is 0.478 e. The zero-order valence-electron chi connectivity index (χ0n) is 12.0. The number of aromatic carboxylic acids is 1. The summed E-state index contributed by atoms with van der Waals surface area (Å²) in [6.45, 7) is 2.06. The molecule has 2 aromatic heterocycles. The first kappa shape index (κ1) is 14.0. The number of carboxylic acid groups (broad SMARTS) is 1. The molecule has 0 bridgehead atoms. The van der Waals surface area contributed by atoms with E-state index in [1.54, 1.807) is 23.8 Å². The first-order chi connectivity index (χ1) is 10.6. The molecule has 0 aliphatic carbocycles. The maximum Gasteiger partial charge on any atom is 0.337 e. The number of hydrogen-bond donors (Lipinski definition) is 1. The third-order valence-corrected chi connectivity index (χ3v) is 3.57. The van der Waals surface area contributed by atoms with Crippen LogP contribution in [0.15, 0.2) is 53.5 Å². The Labute approximate surface area is 126 Å². The van der Waals surface area contributed by atoms with Gasteiger partial charge in [0.25, 0.3) is 5.56 Å². The predicted molar refractivity (Wildman–Crippen MR) is 83.2 cm³/mol. The van der Waals surface area contributed by atoms with Crippen molar-refractivity contribution in [2.45, 2.75) is 13.5 Å². The minimum atomic E-state index is -1.08. The standard InChI is InChI=1S/C17H14N2O3/c1-11-13(17(21)22)9-14-15(18-11)7-8-19(16(14)20)10-12-5-3-2-4-6-12/h2-9H,10H2,1H3,(H,21,22). The van der Waals surface area contributed by atoms with Gasteiger partial charge >= 0.3 is 5.97 Å². The Morgan fingerprint density at radius 3 is 2.64 bits per heavy atom. The smallest absolute Gasteiger partial charge is 0.337 e. The zero-order chi connectivity index (χ0) is 15.7. The predicted octanol–water partition coefficient (Wildman–Crippen LogP) is 2.45. The molecule has 110 valence electrons. The molecule has 0 spiro atoms. The van der Waals surface area contributed by atoms with Crippen LogP contribution in [0.25, 0.3) is 10.9 Å². The molecular formula is C17H14N2O3. The maximum absolute atomic E-state index is 12.5. The molecule has 0 unspecified atom stereocenters. The van der Waals surface area contributed by atoms with Gasteiger partial charge in [0.05, 0.1) is 28.7 Å². The second-order valence-electron chi connectivity index (χ2n) is 5.09. The van der Waals surface area contributed by atoms with E-state index >= 15 is 0 Å². The molecule has 0 saturated carbocycles. The molecule has 0 radical (unpaired) electrons. The monoisotopic (exact) mass is 294 g/mol. The van der Waals surface area contributed by atoms with Crippen LogP contribution in [0.3, 0.4) is 0 Å². The van der Waals surface area contributed by atoms with Crippen LogP contribution < -0.4 is 5.56 Å². The summed E-state index contributed by atoms with van der Waals surface area (Å²) >= 11 is 0. The summed E-state index contributed by atoms with van der Waals surface area (Å²) < 4.78 is 1.56. The maximum atomic E-state index is 12.5. The van der Waals surface area contributed by atoms with E-state index in [0.717, 1.165) is 5.56 Å². The van der Waals surface area contributed by atoms with E-state index in [1.807, 2.05) is 30.3 Å². The van der Waals surface area contributed by atoms with E-state index < -0.39 is 5.97 Å². The summed E-state index contributed by atoms with van der Waals surface area (Å²) in [5.74, 6) is -1.08. The van der Waals surface area contributed by atoms with Crippen molar-refractivity contribution in [2.24, 2.45) is 0 Å². The molecule has 0 fully saturated rings. The Morgan fingerprint density at radius 1 is 1.23 bits per heavy atom. The fourth-order valence-electron chi connectivity index (χ4n) is 2.43. The fraction of sp³-hybridized carbons (Fsp3) is 0.118. The van der Waals surface area contributed by atoms with Crippen molar-refractivity contribution in [3.05, 3.63) is 75.8 Å². The summed E-state index contributed by atoms with van der Waals surface area (Å²) in [6, 6.07) is 12.8. The van der Waals surface area contributed by atoms with Gasteiger partial charge in [-0.2, -0.15) is 0 Å². The molecule has 0 amide bonds. The summed E-state index contributed by atoms with van der Waals surface area (Å²) in [5, 5.41) is 9.49. The highest BCUT2D eigenvalue weighted by Gasteiger charge is 2.12. The lowest BCUT2D eigenvalue weighted by molar-refractivity contribution is 0.0696. The number of hydrogen-bond acceptors (Lipinski definition) is 3. The van der Waals surface area contributed by atoms with Gasteiger partial charge in [0.15, 0.2) is 0 Å². The van der Waals surface area contributed by atoms with Crippen molar-refractivity contribution < 1.29 is 9.90 Å². The van der Waals surface area contributed by atoms with Crippen LogP contribution in [-0.4, -0.2) is 20.6 Å². The average molecular weight is 294 g/mol. The summed E-state index contributed by atoms with van der Waals surface area (Å²) in [4.78, 5) is 28.0. The van der Waals surface area contributed by atoms with E-state index in [9.17, 15) is 14.7 Å². The quantitative estimate of drug-likeness (QED) is 0.805. The lowest BCUT2D eigenvalue weighted by Crippen LogP contribution is -2.21. The van der Waals surface area contributed by atoms with Gasteiger partial charge in [-0.15, -0.1) is 0 Å². The molecule has 3 rings (SSSR count). The number of aromatic nitrogens is 2. The topological polar surface area (TPSA) is 72.2 Å². The summed E-state index contributed by atoms with van der Waals surface area (Å²) in [6.07, 6.45) is 1.69. The van der Waals surface area contributed by atoms with E-state index in [0.29, 0.717) is 23.1 Å². The number of carboxylic acids is 1. The van der Waals surface area contributed by atoms with Crippen molar-refractivity contribution >= 4 is 16.9 Å². The minimum Gasteiger partial charge on any atom is -0.478 e. The van der Waals surface area contributed by atoms with E-state index in [2.05, 4.69) is 4.98 Å². The normalized spacial score (nSPS) is 10.8. The second kappa shape index (κ2) is 5.44. The van der Waals surface area contributed by atoms with Crippen molar-refractivity contribution in [1.29, 1.82) is 0 Å². The highest BCUT2D eigenvalue weighted by molar-refractivity contribution is 5.93. The van der Waals surface area contributed by atoms with Gasteiger partial charge in [-0.05, 0) is 24.6 Å². The highest BCUT2D eigenvalue weighted by Crippen LogP contribution is 2.14. The highest BCUT2D eigenvalue weighted by atomic mass is 16.4. The van der Waals surface area contributed by atoms with Crippen LogP contribution in [0.5, 0.6) is 0 Å². The van der Waals surface area contributed by atoms with Crippen LogP contribution in [0.4, 0.5) is 0 Å².